The lowest BCUT2D eigenvalue weighted by atomic mass is 10.2. The number of amides is 1. The van der Waals surface area contributed by atoms with Crippen molar-refractivity contribution < 1.29 is 14.3 Å². The lowest BCUT2D eigenvalue weighted by molar-refractivity contribution is -0.124. The van der Waals surface area contributed by atoms with E-state index in [-0.39, 0.29) is 0 Å². The van der Waals surface area contributed by atoms with Crippen LogP contribution in [0.25, 0.3) is 0 Å². The molecule has 0 aromatic heterocycles. The number of aryl methyl sites for hydroxylation is 1. The number of benzene rings is 1. The third-order valence-electron chi connectivity index (χ3n) is 2.28. The van der Waals surface area contributed by atoms with Crippen molar-refractivity contribution in [2.45, 2.75) is 26.4 Å². The van der Waals surface area contributed by atoms with Crippen molar-refractivity contribution >= 4 is 5.91 Å². The molecule has 0 bridgehead atoms. The quantitative estimate of drug-likeness (QED) is 0.825. The summed E-state index contributed by atoms with van der Waals surface area (Å²) in [4.78, 5) is 11.1. The van der Waals surface area contributed by atoms with Gasteiger partial charge in [-0.2, -0.15) is 0 Å². The highest BCUT2D eigenvalue weighted by Crippen LogP contribution is 2.28. The smallest absolute Gasteiger partial charge is 0.258 e. The molecule has 0 fully saturated rings. The van der Waals surface area contributed by atoms with Crippen molar-refractivity contribution in [3.63, 3.8) is 0 Å². The maximum Gasteiger partial charge on any atom is 0.258 e. The minimum absolute atomic E-state index is 0.467. The number of primary amides is 1. The van der Waals surface area contributed by atoms with E-state index in [9.17, 15) is 4.79 Å². The molecule has 0 aliphatic carbocycles. The van der Waals surface area contributed by atoms with Crippen LogP contribution < -0.4 is 15.2 Å². The summed E-state index contributed by atoms with van der Waals surface area (Å²) in [5, 5.41) is 0. The Morgan fingerprint density at radius 1 is 1.44 bits per heavy atom. The van der Waals surface area contributed by atoms with Gasteiger partial charge in [-0.15, -0.1) is 0 Å². The first-order valence-corrected chi connectivity index (χ1v) is 5.19. The first kappa shape index (κ1) is 12.4. The average Bonchev–Trinajstić information content (AvgIpc) is 2.26. The topological polar surface area (TPSA) is 61.6 Å². The molecule has 0 aliphatic heterocycles. The number of ether oxygens (including phenoxy) is 2. The molecule has 1 atom stereocenters. The zero-order chi connectivity index (χ0) is 12.1. The summed E-state index contributed by atoms with van der Waals surface area (Å²) in [5.41, 5.74) is 6.28. The minimum Gasteiger partial charge on any atom is -0.493 e. The molecule has 1 rings (SSSR count). The lowest BCUT2D eigenvalue weighted by Crippen LogP contribution is -2.33. The van der Waals surface area contributed by atoms with Gasteiger partial charge >= 0.3 is 0 Å². The fraction of sp³-hybridized carbons (Fsp3) is 0.417. The molecule has 0 spiro atoms. The number of hydrogen-bond acceptors (Lipinski definition) is 3. The van der Waals surface area contributed by atoms with Gasteiger partial charge in [0.05, 0.1) is 7.11 Å². The number of hydrogen-bond donors (Lipinski definition) is 1. The summed E-state index contributed by atoms with van der Waals surface area (Å²) >= 11 is 0. The van der Waals surface area contributed by atoms with E-state index in [4.69, 9.17) is 15.2 Å². The molecule has 0 aliphatic rings. The van der Waals surface area contributed by atoms with Gasteiger partial charge in [0.25, 0.3) is 5.91 Å². The van der Waals surface area contributed by atoms with E-state index in [1.165, 1.54) is 0 Å². The number of carbonyl (C=O) groups is 1. The second-order valence-corrected chi connectivity index (χ2v) is 3.57. The van der Waals surface area contributed by atoms with Crippen molar-refractivity contribution in [1.82, 2.24) is 0 Å². The highest BCUT2D eigenvalue weighted by Gasteiger charge is 2.16. The van der Waals surface area contributed by atoms with Gasteiger partial charge in [-0.1, -0.05) is 13.0 Å². The maximum atomic E-state index is 11.1. The van der Waals surface area contributed by atoms with Gasteiger partial charge in [0.1, 0.15) is 0 Å². The van der Waals surface area contributed by atoms with Gasteiger partial charge in [0.15, 0.2) is 17.6 Å². The normalized spacial score (nSPS) is 11.9. The Morgan fingerprint density at radius 3 is 2.62 bits per heavy atom. The van der Waals surface area contributed by atoms with Crippen LogP contribution in [0.1, 0.15) is 18.9 Å². The number of nitrogens with two attached hydrogens (primary N) is 1. The van der Waals surface area contributed by atoms with E-state index in [0.717, 1.165) is 5.56 Å². The van der Waals surface area contributed by atoms with Crippen LogP contribution in [-0.2, 0) is 4.79 Å². The van der Waals surface area contributed by atoms with Gasteiger partial charge in [0.2, 0.25) is 0 Å². The summed E-state index contributed by atoms with van der Waals surface area (Å²) < 4.78 is 10.7. The van der Waals surface area contributed by atoms with Crippen molar-refractivity contribution in [2.24, 2.45) is 5.73 Å². The van der Waals surface area contributed by atoms with Crippen LogP contribution in [0.4, 0.5) is 0 Å². The van der Waals surface area contributed by atoms with E-state index in [1.807, 2.05) is 26.0 Å². The first-order chi connectivity index (χ1) is 7.58. The van der Waals surface area contributed by atoms with Gasteiger partial charge in [-0.25, -0.2) is 0 Å². The number of rotatable bonds is 5. The minimum atomic E-state index is -0.614. The molecular formula is C12H17NO3. The van der Waals surface area contributed by atoms with E-state index in [2.05, 4.69) is 0 Å². The second kappa shape index (κ2) is 5.39. The molecular weight excluding hydrogens is 206 g/mol. The van der Waals surface area contributed by atoms with E-state index < -0.39 is 12.0 Å². The summed E-state index contributed by atoms with van der Waals surface area (Å²) in [5.74, 6) is 0.684. The van der Waals surface area contributed by atoms with Crippen LogP contribution in [-0.4, -0.2) is 19.1 Å². The summed E-state index contributed by atoms with van der Waals surface area (Å²) in [6.45, 7) is 3.80. The molecule has 0 heterocycles. The Labute approximate surface area is 95.3 Å². The molecule has 1 aromatic carbocycles. The van der Waals surface area contributed by atoms with Crippen molar-refractivity contribution in [1.29, 1.82) is 0 Å². The van der Waals surface area contributed by atoms with Crippen LogP contribution in [0.5, 0.6) is 11.5 Å². The highest BCUT2D eigenvalue weighted by atomic mass is 16.5. The van der Waals surface area contributed by atoms with Crippen LogP contribution in [0.15, 0.2) is 18.2 Å². The number of methoxy groups -OCH3 is 1. The molecule has 4 heteroatoms. The lowest BCUT2D eigenvalue weighted by Gasteiger charge is -2.16. The second-order valence-electron chi connectivity index (χ2n) is 3.57. The molecule has 0 radical (unpaired) electrons. The third kappa shape index (κ3) is 2.89. The van der Waals surface area contributed by atoms with Gasteiger partial charge in [0, 0.05) is 0 Å². The van der Waals surface area contributed by atoms with Gasteiger partial charge < -0.3 is 15.2 Å². The van der Waals surface area contributed by atoms with Gasteiger partial charge in [-0.05, 0) is 31.0 Å². The monoisotopic (exact) mass is 223 g/mol. The van der Waals surface area contributed by atoms with Crippen LogP contribution in [0.2, 0.25) is 0 Å². The summed E-state index contributed by atoms with van der Waals surface area (Å²) in [6.07, 6.45) is -0.0802. The largest absolute Gasteiger partial charge is 0.493 e. The number of carbonyl (C=O) groups excluding carboxylic acids is 1. The first-order valence-electron chi connectivity index (χ1n) is 5.19. The Morgan fingerprint density at radius 2 is 2.12 bits per heavy atom. The van der Waals surface area contributed by atoms with E-state index >= 15 is 0 Å². The zero-order valence-corrected chi connectivity index (χ0v) is 9.82. The molecule has 1 aromatic rings. The molecule has 4 nitrogen and oxygen atoms in total. The average molecular weight is 223 g/mol. The predicted octanol–water partition coefficient (Wildman–Crippen LogP) is 1.65. The van der Waals surface area contributed by atoms with Crippen molar-refractivity contribution in [3.05, 3.63) is 23.8 Å². The molecule has 2 N–H and O–H groups in total. The maximum absolute atomic E-state index is 11.1. The fourth-order valence-electron chi connectivity index (χ4n) is 1.37. The van der Waals surface area contributed by atoms with Crippen LogP contribution >= 0.6 is 0 Å². The van der Waals surface area contributed by atoms with Crippen LogP contribution in [0, 0.1) is 6.92 Å². The summed E-state index contributed by atoms with van der Waals surface area (Å²) in [7, 11) is 1.56. The third-order valence-corrected chi connectivity index (χ3v) is 2.28. The highest BCUT2D eigenvalue weighted by molar-refractivity contribution is 5.79. The fourth-order valence-corrected chi connectivity index (χ4v) is 1.37. The Hall–Kier alpha value is -1.71. The van der Waals surface area contributed by atoms with Gasteiger partial charge in [-0.3, -0.25) is 4.79 Å². The van der Waals surface area contributed by atoms with Crippen molar-refractivity contribution in [3.8, 4) is 11.5 Å². The Kier molecular flexibility index (Phi) is 4.17. The van der Waals surface area contributed by atoms with Crippen molar-refractivity contribution in [2.75, 3.05) is 7.11 Å². The predicted molar refractivity (Wildman–Crippen MR) is 61.6 cm³/mol. The SMILES string of the molecule is CCC(Oc1ccc(C)cc1OC)C(N)=O. The Bertz CT molecular complexity index is 377. The standard InChI is InChI=1S/C12H17NO3/c1-4-9(12(13)14)16-10-6-5-8(2)7-11(10)15-3/h5-7,9H,4H2,1-3H3,(H2,13,14). The summed E-state index contributed by atoms with van der Waals surface area (Å²) in [6, 6.07) is 5.52. The zero-order valence-electron chi connectivity index (χ0n) is 9.82. The molecule has 0 saturated carbocycles. The van der Waals surface area contributed by atoms with Crippen LogP contribution in [0.3, 0.4) is 0 Å². The molecule has 1 unspecified atom stereocenters. The van der Waals surface area contributed by atoms with E-state index in [0.29, 0.717) is 17.9 Å². The molecule has 1 amide bonds. The van der Waals surface area contributed by atoms with E-state index in [1.54, 1.807) is 13.2 Å². The molecule has 16 heavy (non-hydrogen) atoms. The Balaban J connectivity index is 2.91. The molecule has 0 saturated heterocycles. The molecule has 88 valence electrons.